The van der Waals surface area contributed by atoms with Crippen LogP contribution in [0.4, 0.5) is 0 Å². The normalized spacial score (nSPS) is 15.9. The lowest BCUT2D eigenvalue weighted by Gasteiger charge is -2.21. The molecule has 0 aromatic carbocycles. The molecule has 2 heterocycles. The zero-order valence-corrected chi connectivity index (χ0v) is 8.91. The molecule has 0 fully saturated rings. The van der Waals surface area contributed by atoms with Crippen molar-refractivity contribution in [1.82, 2.24) is 9.79 Å². The lowest BCUT2D eigenvalue weighted by atomic mass is 9.91. The van der Waals surface area contributed by atoms with Crippen LogP contribution in [0.3, 0.4) is 0 Å². The second-order valence-corrected chi connectivity index (χ2v) is 4.03. The van der Waals surface area contributed by atoms with Gasteiger partial charge in [-0.25, -0.2) is 4.98 Å². The first kappa shape index (κ1) is 10.3. The molecule has 1 aliphatic rings. The molecule has 0 amide bonds. The van der Waals surface area contributed by atoms with Crippen molar-refractivity contribution in [2.24, 2.45) is 0 Å². The number of thiazole rings is 1. The Kier molecular flexibility index (Phi) is 2.83. The minimum atomic E-state index is -0.0184. The molecule has 1 aromatic rings. The number of rotatable bonds is 3. The van der Waals surface area contributed by atoms with Gasteiger partial charge < -0.3 is 14.3 Å². The van der Waals surface area contributed by atoms with Gasteiger partial charge in [0.1, 0.15) is 0 Å². The highest BCUT2D eigenvalue weighted by molar-refractivity contribution is 7.15. The van der Waals surface area contributed by atoms with Gasteiger partial charge in [-0.15, -0.1) is 0 Å². The molecule has 1 radical (unpaired) electrons. The first-order valence-corrected chi connectivity index (χ1v) is 5.16. The summed E-state index contributed by atoms with van der Waals surface area (Å²) in [4.78, 5) is 28.4. The number of hydrogen-bond acceptors (Lipinski definition) is 6. The highest BCUT2D eigenvalue weighted by Crippen LogP contribution is 2.28. The second-order valence-electron chi connectivity index (χ2n) is 3.07. The van der Waals surface area contributed by atoms with Crippen LogP contribution in [0.1, 0.15) is 15.4 Å². The molecule has 0 spiro atoms. The van der Waals surface area contributed by atoms with Gasteiger partial charge in [-0.2, -0.15) is 0 Å². The van der Waals surface area contributed by atoms with E-state index in [4.69, 9.17) is 4.74 Å². The van der Waals surface area contributed by atoms with Crippen molar-refractivity contribution in [2.75, 3.05) is 13.7 Å². The van der Waals surface area contributed by atoms with Gasteiger partial charge in [-0.3, -0.25) is 4.79 Å². The zero-order chi connectivity index (χ0) is 10.8. The molecule has 0 unspecified atom stereocenters. The molecule has 7 heteroatoms. The van der Waals surface area contributed by atoms with Gasteiger partial charge in [0.25, 0.3) is 12.6 Å². The molecule has 5 nitrogen and oxygen atoms in total. The van der Waals surface area contributed by atoms with Crippen molar-refractivity contribution >= 4 is 30.7 Å². The molecule has 0 atom stereocenters. The fourth-order valence-electron chi connectivity index (χ4n) is 1.44. The number of hydrogen-bond donors (Lipinski definition) is 0. The minimum absolute atomic E-state index is 0.0184. The molecule has 77 valence electrons. The van der Waals surface area contributed by atoms with Gasteiger partial charge in [0, 0.05) is 6.54 Å². The Hall–Kier alpha value is -1.21. The Labute approximate surface area is 91.3 Å². The predicted molar refractivity (Wildman–Crippen MR) is 55.9 cm³/mol. The average molecular weight is 223 g/mol. The maximum Gasteiger partial charge on any atom is 0.293 e. The third kappa shape index (κ3) is 1.93. The highest BCUT2D eigenvalue weighted by Gasteiger charge is 2.27. The van der Waals surface area contributed by atoms with Gasteiger partial charge in [-0.05, 0) is 0 Å². The number of methoxy groups -OCH3 is 1. The van der Waals surface area contributed by atoms with E-state index in [-0.39, 0.29) is 12.3 Å². The Balaban J connectivity index is 2.26. The van der Waals surface area contributed by atoms with E-state index in [9.17, 15) is 9.59 Å². The summed E-state index contributed by atoms with van der Waals surface area (Å²) in [5.41, 5.74) is 0.686. The van der Waals surface area contributed by atoms with Crippen molar-refractivity contribution in [3.63, 3.8) is 0 Å². The lowest BCUT2D eigenvalue weighted by molar-refractivity contribution is 0.0954. The van der Waals surface area contributed by atoms with Crippen molar-refractivity contribution in [3.8, 4) is 5.19 Å². The van der Waals surface area contributed by atoms with Crippen LogP contribution in [-0.4, -0.2) is 42.8 Å². The van der Waals surface area contributed by atoms with Crippen LogP contribution in [-0.2, 0) is 11.3 Å². The number of carbonyl (C=O) groups excluding carboxylic acids is 2. The van der Waals surface area contributed by atoms with E-state index in [0.29, 0.717) is 28.5 Å². The van der Waals surface area contributed by atoms with Crippen molar-refractivity contribution < 1.29 is 14.3 Å². The highest BCUT2D eigenvalue weighted by atomic mass is 32.1. The summed E-state index contributed by atoms with van der Waals surface area (Å²) in [6.07, 6.45) is 0.669. The van der Waals surface area contributed by atoms with Crippen molar-refractivity contribution in [1.29, 1.82) is 0 Å². The number of aromatic nitrogens is 1. The Bertz CT molecular complexity index is 407. The number of ketones is 1. The fraction of sp³-hybridized carbons (Fsp3) is 0.375. The number of Topliss-reactive ketones (excluding diaryl/α,β-unsaturated/α-hetero) is 1. The molecule has 1 aromatic heterocycles. The molecule has 15 heavy (non-hydrogen) atoms. The van der Waals surface area contributed by atoms with Crippen LogP contribution in [0.2, 0.25) is 0 Å². The van der Waals surface area contributed by atoms with Crippen molar-refractivity contribution in [2.45, 2.75) is 6.54 Å². The van der Waals surface area contributed by atoms with Gasteiger partial charge in [0.15, 0.2) is 5.78 Å². The van der Waals surface area contributed by atoms with Gasteiger partial charge in [0.05, 0.1) is 30.4 Å². The summed E-state index contributed by atoms with van der Waals surface area (Å²) >= 11 is 1.25. The van der Waals surface area contributed by atoms with E-state index < -0.39 is 0 Å². The first-order valence-electron chi connectivity index (χ1n) is 4.34. The average Bonchev–Trinajstić information content (AvgIpc) is 2.62. The molecule has 0 bridgehead atoms. The van der Waals surface area contributed by atoms with E-state index in [1.165, 1.54) is 25.9 Å². The van der Waals surface area contributed by atoms with Crippen LogP contribution >= 0.6 is 11.3 Å². The van der Waals surface area contributed by atoms with Crippen LogP contribution in [0.25, 0.3) is 0 Å². The van der Waals surface area contributed by atoms with Crippen LogP contribution < -0.4 is 4.74 Å². The quantitative estimate of drug-likeness (QED) is 0.531. The Morgan fingerprint density at radius 1 is 1.60 bits per heavy atom. The molecular formula is C8H8BN2O3S. The first-order chi connectivity index (χ1) is 7.24. The zero-order valence-electron chi connectivity index (χ0n) is 8.10. The topological polar surface area (TPSA) is 59.5 Å². The lowest BCUT2D eigenvalue weighted by Crippen LogP contribution is -2.37. The summed E-state index contributed by atoms with van der Waals surface area (Å²) in [5.74, 6) is -0.0184. The third-order valence-corrected chi connectivity index (χ3v) is 3.18. The second kappa shape index (κ2) is 4.12. The monoisotopic (exact) mass is 223 g/mol. The Morgan fingerprint density at radius 3 is 3.07 bits per heavy atom. The number of nitrogens with zero attached hydrogens (tertiary/aromatic N) is 2. The molecule has 0 N–H and O–H groups in total. The SMILES string of the molecule is COc1nc2c(s1)C(=O)CN([B]C=O)C2. The maximum absolute atomic E-state index is 11.6. The van der Waals surface area contributed by atoms with E-state index >= 15 is 0 Å². The largest absolute Gasteiger partial charge is 0.473 e. The van der Waals surface area contributed by atoms with E-state index in [1.807, 2.05) is 0 Å². The standard InChI is InChI=1S/C8H8BN2O3S/c1-14-8-10-5-2-11(9-4-12)3-6(13)7(5)15-8/h4H,2-3H2,1H3. The molecule has 0 saturated heterocycles. The summed E-state index contributed by atoms with van der Waals surface area (Å²) in [5, 5.41) is 0.487. The summed E-state index contributed by atoms with van der Waals surface area (Å²) in [7, 11) is 2.87. The molecule has 0 saturated carbocycles. The van der Waals surface area contributed by atoms with E-state index in [0.717, 1.165) is 0 Å². The predicted octanol–water partition coefficient (Wildman–Crippen LogP) is -0.0406. The number of carbonyl (C=O) groups is 2. The van der Waals surface area contributed by atoms with E-state index in [1.54, 1.807) is 4.81 Å². The van der Waals surface area contributed by atoms with Crippen LogP contribution in [0.5, 0.6) is 5.19 Å². The molecule has 0 aliphatic carbocycles. The smallest absolute Gasteiger partial charge is 0.293 e. The Morgan fingerprint density at radius 2 is 2.40 bits per heavy atom. The number of fused-ring (bicyclic) bond motifs is 1. The van der Waals surface area contributed by atoms with Gasteiger partial charge in [0.2, 0.25) is 0 Å². The summed E-state index contributed by atoms with van der Waals surface area (Å²) < 4.78 is 4.97. The molecular weight excluding hydrogens is 215 g/mol. The molecule has 2 rings (SSSR count). The third-order valence-electron chi connectivity index (χ3n) is 2.08. The fourth-order valence-corrected chi connectivity index (χ4v) is 2.26. The molecule has 1 aliphatic heterocycles. The summed E-state index contributed by atoms with van der Waals surface area (Å²) in [6, 6.07) is 0. The maximum atomic E-state index is 11.6. The minimum Gasteiger partial charge on any atom is -0.473 e. The summed E-state index contributed by atoms with van der Waals surface area (Å²) in [6.45, 7) is 0.719. The van der Waals surface area contributed by atoms with E-state index in [2.05, 4.69) is 4.98 Å². The van der Waals surface area contributed by atoms with Crippen LogP contribution in [0, 0.1) is 0 Å². The van der Waals surface area contributed by atoms with Crippen molar-refractivity contribution in [3.05, 3.63) is 10.6 Å². The van der Waals surface area contributed by atoms with Gasteiger partial charge >= 0.3 is 0 Å². The van der Waals surface area contributed by atoms with Crippen LogP contribution in [0.15, 0.2) is 0 Å². The number of ether oxygens (including phenoxy) is 1. The van der Waals surface area contributed by atoms with Gasteiger partial charge in [-0.1, -0.05) is 11.3 Å².